The van der Waals surface area contributed by atoms with Crippen molar-refractivity contribution in [2.24, 2.45) is 0 Å². The Morgan fingerprint density at radius 3 is 2.50 bits per heavy atom. The molecule has 6 nitrogen and oxygen atoms in total. The maximum atomic E-state index is 13.1. The summed E-state index contributed by atoms with van der Waals surface area (Å²) < 4.78 is 13.1. The lowest BCUT2D eigenvalue weighted by Crippen LogP contribution is -2.41. The summed E-state index contributed by atoms with van der Waals surface area (Å²) in [5.74, 6) is -1.71. The van der Waals surface area contributed by atoms with Crippen molar-refractivity contribution in [1.29, 1.82) is 0 Å². The number of nitrogens with one attached hydrogen (secondary N) is 2. The van der Waals surface area contributed by atoms with E-state index >= 15 is 0 Å². The van der Waals surface area contributed by atoms with Crippen LogP contribution in [-0.2, 0) is 9.59 Å². The standard InChI is InChI=1S/C19H20FN3O3/c1-13-5-3-6-14(9-13)19(26)21-11-18(25)23(2)12-17(24)22-16-8-4-7-15(20)10-16/h3-10H,11-12H2,1-2H3,(H,21,26)(H,22,24). The molecule has 26 heavy (non-hydrogen) atoms. The van der Waals surface area contributed by atoms with Gasteiger partial charge in [-0.3, -0.25) is 14.4 Å². The molecule has 0 spiro atoms. The Morgan fingerprint density at radius 2 is 1.81 bits per heavy atom. The van der Waals surface area contributed by atoms with Crippen molar-refractivity contribution in [2.75, 3.05) is 25.5 Å². The smallest absolute Gasteiger partial charge is 0.251 e. The normalized spacial score (nSPS) is 10.1. The van der Waals surface area contributed by atoms with Crippen LogP contribution in [0, 0.1) is 12.7 Å². The van der Waals surface area contributed by atoms with Gasteiger partial charge in [-0.25, -0.2) is 4.39 Å². The van der Waals surface area contributed by atoms with Crippen molar-refractivity contribution in [3.63, 3.8) is 0 Å². The summed E-state index contributed by atoms with van der Waals surface area (Å²) in [6, 6.07) is 12.5. The van der Waals surface area contributed by atoms with Crippen molar-refractivity contribution in [3.8, 4) is 0 Å². The second-order valence-corrected chi connectivity index (χ2v) is 5.86. The van der Waals surface area contributed by atoms with Gasteiger partial charge in [-0.15, -0.1) is 0 Å². The van der Waals surface area contributed by atoms with E-state index in [1.54, 1.807) is 24.3 Å². The van der Waals surface area contributed by atoms with Crippen LogP contribution in [0.1, 0.15) is 15.9 Å². The van der Waals surface area contributed by atoms with E-state index in [9.17, 15) is 18.8 Å². The third-order valence-corrected chi connectivity index (χ3v) is 3.60. The lowest BCUT2D eigenvalue weighted by atomic mass is 10.1. The molecule has 0 unspecified atom stereocenters. The molecule has 136 valence electrons. The SMILES string of the molecule is Cc1cccc(C(=O)NCC(=O)N(C)CC(=O)Nc2cccc(F)c2)c1. The van der Waals surface area contributed by atoms with Crippen LogP contribution in [0.25, 0.3) is 0 Å². The number of aryl methyl sites for hydroxylation is 1. The van der Waals surface area contributed by atoms with Crippen molar-refractivity contribution in [3.05, 3.63) is 65.5 Å². The van der Waals surface area contributed by atoms with Gasteiger partial charge in [0, 0.05) is 18.3 Å². The van der Waals surface area contributed by atoms with E-state index in [4.69, 9.17) is 0 Å². The fourth-order valence-electron chi connectivity index (χ4n) is 2.25. The topological polar surface area (TPSA) is 78.5 Å². The third-order valence-electron chi connectivity index (χ3n) is 3.60. The summed E-state index contributed by atoms with van der Waals surface area (Å²) in [6.45, 7) is 1.43. The first-order valence-electron chi connectivity index (χ1n) is 7.99. The van der Waals surface area contributed by atoms with E-state index in [1.165, 1.54) is 30.1 Å². The molecule has 0 fully saturated rings. The molecule has 7 heteroatoms. The average molecular weight is 357 g/mol. The minimum Gasteiger partial charge on any atom is -0.343 e. The molecule has 2 aromatic rings. The minimum absolute atomic E-state index is 0.213. The van der Waals surface area contributed by atoms with Crippen LogP contribution in [0.2, 0.25) is 0 Å². The number of benzene rings is 2. The van der Waals surface area contributed by atoms with Gasteiger partial charge in [-0.1, -0.05) is 23.8 Å². The molecule has 0 aliphatic rings. The zero-order valence-corrected chi connectivity index (χ0v) is 14.6. The summed E-state index contributed by atoms with van der Waals surface area (Å²) in [4.78, 5) is 37.2. The number of hydrogen-bond donors (Lipinski definition) is 2. The van der Waals surface area contributed by atoms with Gasteiger partial charge in [0.05, 0.1) is 13.1 Å². The Kier molecular flexibility index (Phi) is 6.43. The number of rotatable bonds is 6. The molecule has 0 aliphatic heterocycles. The first-order chi connectivity index (χ1) is 12.3. The number of nitrogens with zero attached hydrogens (tertiary/aromatic N) is 1. The fraction of sp³-hybridized carbons (Fsp3) is 0.211. The quantitative estimate of drug-likeness (QED) is 0.830. The van der Waals surface area contributed by atoms with Gasteiger partial charge >= 0.3 is 0 Å². The van der Waals surface area contributed by atoms with Gasteiger partial charge in [0.15, 0.2) is 0 Å². The second-order valence-electron chi connectivity index (χ2n) is 5.86. The van der Waals surface area contributed by atoms with Gasteiger partial charge in [0.1, 0.15) is 5.82 Å². The van der Waals surface area contributed by atoms with Crippen LogP contribution < -0.4 is 10.6 Å². The largest absolute Gasteiger partial charge is 0.343 e. The van der Waals surface area contributed by atoms with Gasteiger partial charge in [0.2, 0.25) is 11.8 Å². The molecule has 0 radical (unpaired) electrons. The van der Waals surface area contributed by atoms with Crippen molar-refractivity contribution in [1.82, 2.24) is 10.2 Å². The summed E-state index contributed by atoms with van der Waals surface area (Å²) in [5, 5.41) is 5.03. The maximum absolute atomic E-state index is 13.1. The summed E-state index contributed by atoms with van der Waals surface area (Å²) in [5.41, 5.74) is 1.71. The van der Waals surface area contributed by atoms with Crippen molar-refractivity contribution >= 4 is 23.4 Å². The predicted octanol–water partition coefficient (Wildman–Crippen LogP) is 1.96. The number of hydrogen-bond acceptors (Lipinski definition) is 3. The molecule has 0 bridgehead atoms. The predicted molar refractivity (Wildman–Crippen MR) is 96.2 cm³/mol. The number of carbonyl (C=O) groups excluding carboxylic acids is 3. The van der Waals surface area contributed by atoms with Crippen LogP contribution in [0.5, 0.6) is 0 Å². The van der Waals surface area contributed by atoms with Crippen molar-refractivity contribution < 1.29 is 18.8 Å². The van der Waals surface area contributed by atoms with Gasteiger partial charge in [-0.2, -0.15) is 0 Å². The van der Waals surface area contributed by atoms with E-state index in [0.717, 1.165) is 5.56 Å². The molecule has 0 heterocycles. The number of anilines is 1. The van der Waals surface area contributed by atoms with Crippen LogP contribution in [-0.4, -0.2) is 42.8 Å². The first kappa shape index (κ1) is 19.1. The molecule has 0 aromatic heterocycles. The Morgan fingerprint density at radius 1 is 1.08 bits per heavy atom. The first-order valence-corrected chi connectivity index (χ1v) is 7.99. The Bertz CT molecular complexity index is 823. The van der Waals surface area contributed by atoms with Crippen LogP contribution >= 0.6 is 0 Å². The van der Waals surface area contributed by atoms with Gasteiger partial charge < -0.3 is 15.5 Å². The zero-order valence-electron chi connectivity index (χ0n) is 14.6. The highest BCUT2D eigenvalue weighted by Gasteiger charge is 2.15. The van der Waals surface area contributed by atoms with Crippen LogP contribution in [0.3, 0.4) is 0 Å². The second kappa shape index (κ2) is 8.75. The van der Waals surface area contributed by atoms with Crippen molar-refractivity contribution in [2.45, 2.75) is 6.92 Å². The Hall–Kier alpha value is -3.22. The number of amides is 3. The number of carbonyl (C=O) groups is 3. The van der Waals surface area contributed by atoms with Gasteiger partial charge in [0.25, 0.3) is 5.91 Å². The van der Waals surface area contributed by atoms with E-state index in [2.05, 4.69) is 10.6 Å². The van der Waals surface area contributed by atoms with Crippen LogP contribution in [0.4, 0.5) is 10.1 Å². The third kappa shape index (κ3) is 5.70. The summed E-state index contributed by atoms with van der Waals surface area (Å²) in [7, 11) is 1.45. The van der Waals surface area contributed by atoms with E-state index in [-0.39, 0.29) is 19.0 Å². The van der Waals surface area contributed by atoms with E-state index in [1.807, 2.05) is 13.0 Å². The highest BCUT2D eigenvalue weighted by Crippen LogP contribution is 2.09. The highest BCUT2D eigenvalue weighted by atomic mass is 19.1. The summed E-state index contributed by atoms with van der Waals surface area (Å²) >= 11 is 0. The summed E-state index contributed by atoms with van der Waals surface area (Å²) in [6.07, 6.45) is 0. The molecule has 2 aromatic carbocycles. The average Bonchev–Trinajstić information content (AvgIpc) is 2.59. The Labute approximate surface area is 151 Å². The monoisotopic (exact) mass is 357 g/mol. The highest BCUT2D eigenvalue weighted by molar-refractivity contribution is 5.98. The molecule has 3 amide bonds. The van der Waals surface area contributed by atoms with E-state index < -0.39 is 17.6 Å². The molecule has 2 N–H and O–H groups in total. The molecule has 0 atom stereocenters. The molecule has 2 rings (SSSR count). The molecule has 0 aliphatic carbocycles. The maximum Gasteiger partial charge on any atom is 0.251 e. The molecular formula is C19H20FN3O3. The molecular weight excluding hydrogens is 337 g/mol. The molecule has 0 saturated carbocycles. The lowest BCUT2D eigenvalue weighted by Gasteiger charge is -2.17. The van der Waals surface area contributed by atoms with Gasteiger partial charge in [-0.05, 0) is 37.3 Å². The number of likely N-dealkylation sites (N-methyl/N-ethyl adjacent to an activating group) is 1. The fourth-order valence-corrected chi connectivity index (χ4v) is 2.25. The number of halogens is 1. The Balaban J connectivity index is 1.81. The van der Waals surface area contributed by atoms with E-state index in [0.29, 0.717) is 11.3 Å². The van der Waals surface area contributed by atoms with Crippen LogP contribution in [0.15, 0.2) is 48.5 Å². The lowest BCUT2D eigenvalue weighted by molar-refractivity contribution is -0.132. The minimum atomic E-state index is -0.467. The molecule has 0 saturated heterocycles. The zero-order chi connectivity index (χ0) is 19.1.